The number of hydrogen-bond acceptors (Lipinski definition) is 31. The van der Waals surface area contributed by atoms with E-state index in [1.165, 1.54) is 20.8 Å². The van der Waals surface area contributed by atoms with E-state index in [-0.39, 0.29) is 235 Å². The summed E-state index contributed by atoms with van der Waals surface area (Å²) in [4.78, 5) is 155. The quantitative estimate of drug-likeness (QED) is 0.0165. The number of rotatable bonds is 56. The van der Waals surface area contributed by atoms with Crippen LogP contribution in [0.2, 0.25) is 0 Å². The molecule has 42 nitrogen and oxygen atoms in total. The molecule has 42 heteroatoms. The summed E-state index contributed by atoms with van der Waals surface area (Å²) in [5.74, 6) is -4.34. The van der Waals surface area contributed by atoms with Crippen LogP contribution in [0.15, 0.2) is 11.1 Å². The van der Waals surface area contributed by atoms with Crippen molar-refractivity contribution < 1.29 is 150 Å². The lowest BCUT2D eigenvalue weighted by atomic mass is 9.46. The highest BCUT2D eigenvalue weighted by Gasteiger charge is 2.94. The van der Waals surface area contributed by atoms with Crippen LogP contribution in [-0.4, -0.2) is 342 Å². The van der Waals surface area contributed by atoms with E-state index in [2.05, 4.69) is 65.4 Å². The van der Waals surface area contributed by atoms with E-state index in [0.717, 1.165) is 11.1 Å². The molecule has 0 aromatic heterocycles. The van der Waals surface area contributed by atoms with Crippen LogP contribution in [0.3, 0.4) is 0 Å². The molecule has 6 heterocycles. The summed E-state index contributed by atoms with van der Waals surface area (Å²) in [6.07, 6.45) is -3.94. The number of amides is 11. The summed E-state index contributed by atoms with van der Waals surface area (Å²) in [5, 5.41) is 90.6. The number of cyclic esters (lactones) is 1. The molecule has 9 rings (SSSR count). The van der Waals surface area contributed by atoms with Gasteiger partial charge in [0, 0.05) is 142 Å². The van der Waals surface area contributed by atoms with Crippen molar-refractivity contribution in [1.29, 1.82) is 0 Å². The third-order valence-electron chi connectivity index (χ3n) is 24.8. The van der Waals surface area contributed by atoms with Crippen LogP contribution < -0.4 is 58.5 Å². The average molecular weight is 1800 g/mol. The maximum atomic E-state index is 14.5. The van der Waals surface area contributed by atoms with Gasteiger partial charge in [-0.2, -0.15) is 0 Å². The first-order chi connectivity index (χ1) is 60.4. The first-order valence-electron chi connectivity index (χ1n) is 44.7. The zero-order valence-corrected chi connectivity index (χ0v) is 73.5. The monoisotopic (exact) mass is 1800 g/mol. The molecule has 11 amide bonds. The summed E-state index contributed by atoms with van der Waals surface area (Å²) >= 11 is 0. The van der Waals surface area contributed by atoms with Gasteiger partial charge in [0.2, 0.25) is 59.1 Å². The molecule has 3 aliphatic carbocycles. The molecule has 0 bridgehead atoms. The van der Waals surface area contributed by atoms with Gasteiger partial charge in [-0.05, 0) is 114 Å². The highest BCUT2D eigenvalue weighted by molar-refractivity contribution is 5.92. The van der Waals surface area contributed by atoms with Gasteiger partial charge >= 0.3 is 12.1 Å². The van der Waals surface area contributed by atoms with Gasteiger partial charge in [0.15, 0.2) is 24.5 Å². The topological polar surface area (TPSA) is 585 Å². The minimum Gasteiger partial charge on any atom is -0.458 e. The van der Waals surface area contributed by atoms with E-state index in [4.69, 9.17) is 61.6 Å². The lowest BCUT2D eigenvalue weighted by molar-refractivity contribution is -0.270. The van der Waals surface area contributed by atoms with E-state index < -0.39 is 145 Å². The van der Waals surface area contributed by atoms with E-state index in [0.29, 0.717) is 96.3 Å². The molecule has 2 saturated carbocycles. The van der Waals surface area contributed by atoms with Crippen molar-refractivity contribution >= 4 is 71.1 Å². The second kappa shape index (κ2) is 50.1. The molecule has 0 aromatic rings. The van der Waals surface area contributed by atoms with E-state index >= 15 is 0 Å². The van der Waals surface area contributed by atoms with Gasteiger partial charge in [-0.1, -0.05) is 20.8 Å². The lowest BCUT2D eigenvalue weighted by Gasteiger charge is -2.54. The first-order valence-corrected chi connectivity index (χ1v) is 44.7. The Morgan fingerprint density at radius 1 is 0.508 bits per heavy atom. The van der Waals surface area contributed by atoms with E-state index in [9.17, 15) is 88.2 Å². The fraction of sp³-hybridized carbons (Fsp3) is 0.833. The summed E-state index contributed by atoms with van der Waals surface area (Å²) < 4.78 is 78.7. The molecule has 6 aliphatic heterocycles. The molecular weight excluding hydrogens is 1660 g/mol. The number of carbonyl (C=O) groups is 12. The van der Waals surface area contributed by atoms with Gasteiger partial charge < -0.3 is 151 Å². The molecule has 17 N–H and O–H groups in total. The Balaban J connectivity index is 0.774. The molecule has 0 radical (unpaired) electrons. The Labute approximate surface area is 734 Å². The number of epoxide rings is 2. The molecule has 714 valence electrons. The molecule has 21 atom stereocenters. The number of hydrogen-bond donors (Lipinski definition) is 17. The van der Waals surface area contributed by atoms with Gasteiger partial charge in [-0.3, -0.25) is 47.9 Å². The van der Waals surface area contributed by atoms with Gasteiger partial charge in [0.1, 0.15) is 60.8 Å². The number of aliphatic hydroxyl groups excluding tert-OH is 6. The molecule has 2 spiro atoms. The molecular formula is C84H137N11O31. The maximum Gasteiger partial charge on any atom is 0.407 e. The molecule has 7 fully saturated rings. The summed E-state index contributed by atoms with van der Waals surface area (Å²) in [5.41, 5.74) is -2.22. The fourth-order valence-corrected chi connectivity index (χ4v) is 18.3. The third-order valence-corrected chi connectivity index (χ3v) is 24.8. The van der Waals surface area contributed by atoms with Crippen LogP contribution in [0.25, 0.3) is 0 Å². The number of alkyl carbamates (subject to hydrolysis) is 1. The molecule has 126 heavy (non-hydrogen) atoms. The Bertz CT molecular complexity index is 3630. The Hall–Kier alpha value is -7.50. The predicted octanol–water partition coefficient (Wildman–Crippen LogP) is -2.87. The largest absolute Gasteiger partial charge is 0.458 e. The second-order valence-corrected chi connectivity index (χ2v) is 34.7. The van der Waals surface area contributed by atoms with E-state index in [1.54, 1.807) is 0 Å². The lowest BCUT2D eigenvalue weighted by Crippen LogP contribution is -2.67. The second-order valence-electron chi connectivity index (χ2n) is 34.7. The Morgan fingerprint density at radius 3 is 1.48 bits per heavy atom. The highest BCUT2D eigenvalue weighted by Crippen LogP contribution is 2.80. The number of aliphatic hydroxyl groups is 6. The maximum absolute atomic E-state index is 14.5. The minimum absolute atomic E-state index is 0.0132. The van der Waals surface area contributed by atoms with Crippen LogP contribution in [0.1, 0.15) is 183 Å². The number of carbonyl (C=O) groups excluding carboxylic acids is 12. The predicted molar refractivity (Wildman–Crippen MR) is 440 cm³/mol. The third kappa shape index (κ3) is 28.8. The van der Waals surface area contributed by atoms with Crippen molar-refractivity contribution in [1.82, 2.24) is 58.5 Å². The number of ether oxygens (including phenoxy) is 13. The van der Waals surface area contributed by atoms with Crippen molar-refractivity contribution in [2.75, 3.05) is 132 Å². The van der Waals surface area contributed by atoms with Gasteiger partial charge in [-0.15, -0.1) is 0 Å². The van der Waals surface area contributed by atoms with Crippen molar-refractivity contribution in [2.45, 2.75) is 291 Å². The van der Waals surface area contributed by atoms with Crippen LogP contribution >= 0.6 is 0 Å². The van der Waals surface area contributed by atoms with Crippen molar-refractivity contribution in [3.63, 3.8) is 0 Å². The summed E-state index contributed by atoms with van der Waals surface area (Å²) in [6.45, 7) is 8.63. The van der Waals surface area contributed by atoms with Crippen LogP contribution in [0, 0.1) is 23.2 Å². The van der Waals surface area contributed by atoms with Gasteiger partial charge in [-0.25, -0.2) is 9.59 Å². The number of esters is 1. The normalized spacial score (nSPS) is 30.2. The Kier molecular flexibility index (Phi) is 40.6. The number of nitrogens with one attached hydrogen (secondary N) is 11. The van der Waals surface area contributed by atoms with Crippen molar-refractivity contribution in [2.24, 2.45) is 23.2 Å². The standard InChI is InChI=1S/C84H137N11O31/c1-49(2)56-39-63-84(126-63)81(6)25-21-55-57(45-120-76(55)112)58(81)40-62-83(84,125-62)75(56)124-80(113)91-41-70(109)95-82(46-114-35-22-67(106)88-29-13-26-85-64(103)16-7-10-32-117-77-59(92-50(3)99)20-19-53(42-96)121-77,47-115-36-23-68(107)89-30-14-27-86-65(104)17-8-11-33-118-78-71(93-51(4)100)60(102)38-54(43-97)122-78)48-116-37-24-69(108)90-31-15-28-87-66(105)18-9-12-34-119-79-72(94-52(5)101)74(111)73(110)61(44-98)123-79/h49,53-54,56,58-63,71-75,77-79,96-98,102,110-111H,7-48H2,1-6H3,(H,85,103)(H,86,104)(H,87,105)(H,88,106)(H,89,107)(H,90,108)(H,91,113)(H,92,99)(H,93,100)(H,94,101)(H,95,109)/t53-,54-,56?,58?,59+,60-,61+,62-,63-,71+,72+,73-,74+,75+,77+,78+,79+,81-,82?,83+,84+/m0/s1. The molecule has 9 aliphatic rings. The smallest absolute Gasteiger partial charge is 0.407 e. The number of unbranched alkanes of at least 4 members (excludes halogenated alkanes) is 3. The Morgan fingerprint density at radius 2 is 0.992 bits per heavy atom. The molecule has 5 saturated heterocycles. The van der Waals surface area contributed by atoms with Crippen molar-refractivity contribution in [3.05, 3.63) is 11.1 Å². The van der Waals surface area contributed by atoms with Gasteiger partial charge in [0.05, 0.1) is 96.0 Å². The van der Waals surface area contributed by atoms with Crippen LogP contribution in [0.4, 0.5) is 4.79 Å². The van der Waals surface area contributed by atoms with Crippen LogP contribution in [-0.2, 0) is 114 Å². The zero-order valence-electron chi connectivity index (χ0n) is 73.5. The first kappa shape index (κ1) is 102. The van der Waals surface area contributed by atoms with E-state index in [1.807, 2.05) is 13.8 Å². The number of fused-ring (bicyclic) bond motifs is 2. The fourth-order valence-electron chi connectivity index (χ4n) is 18.3. The van der Waals surface area contributed by atoms with Gasteiger partial charge in [0.25, 0.3) is 0 Å². The highest BCUT2D eigenvalue weighted by atomic mass is 16.7. The average Bonchev–Trinajstić information content (AvgIpc) is 1.44. The van der Waals surface area contributed by atoms with Crippen molar-refractivity contribution in [3.8, 4) is 0 Å². The molecule has 0 aromatic carbocycles. The SMILES string of the molecule is CC(=O)N[C@H]1[C@H](OCCCCC(=O)NCCCNC(=O)CCOCC(COCCC(=O)NCCCNC(=O)CCCCO[C@@H]2O[C@H](CO)C[C@H](O)[C@H]2NC(C)=O)(COCCC(=O)NCCCNC(=O)CCCCO[C@@H]2O[C@H](CO)CC[C@H]2NC(C)=O)NC(=O)CNC(=O)O[C@@H]2C(C(C)C)C[C@@H]3O[C@]34[C@]23O[C@H]3CC2C3=C(CC[C@@]24C)C(=O)OC3)O[C@H](CO)[C@H](O)[C@@H]1O. The summed E-state index contributed by atoms with van der Waals surface area (Å²) in [7, 11) is 0. The molecule has 3 unspecified atom stereocenters. The van der Waals surface area contributed by atoms with Crippen LogP contribution in [0.5, 0.6) is 0 Å². The summed E-state index contributed by atoms with van der Waals surface area (Å²) in [6, 6.07) is -2.31. The zero-order chi connectivity index (χ0) is 91.1. The minimum atomic E-state index is -1.64.